The lowest BCUT2D eigenvalue weighted by atomic mass is 10.1. The minimum atomic E-state index is -0.301. The first-order chi connectivity index (χ1) is 17.6. The van der Waals surface area contributed by atoms with Gasteiger partial charge in [0.25, 0.3) is 5.91 Å². The molecule has 36 heavy (non-hydrogen) atoms. The Kier molecular flexibility index (Phi) is 6.78. The van der Waals surface area contributed by atoms with Crippen LogP contribution < -0.4 is 15.6 Å². The molecule has 1 amide bonds. The lowest BCUT2D eigenvalue weighted by Gasteiger charge is -2.14. The molecule has 0 unspecified atom stereocenters. The normalized spacial score (nSPS) is 11.2. The molecular formula is C29H22ClN3O3. The van der Waals surface area contributed by atoms with Gasteiger partial charge >= 0.3 is 0 Å². The van der Waals surface area contributed by atoms with Crippen LogP contribution in [0.4, 0.5) is 0 Å². The van der Waals surface area contributed by atoms with Gasteiger partial charge in [0.2, 0.25) is 0 Å². The first-order valence-corrected chi connectivity index (χ1v) is 11.8. The minimum Gasteiger partial charge on any atom is -0.489 e. The van der Waals surface area contributed by atoms with Crippen molar-refractivity contribution in [1.82, 2.24) is 9.99 Å². The van der Waals surface area contributed by atoms with Crippen LogP contribution in [-0.2, 0) is 17.9 Å². The number of hydrazone groups is 1. The van der Waals surface area contributed by atoms with E-state index in [4.69, 9.17) is 16.3 Å². The highest BCUT2D eigenvalue weighted by Gasteiger charge is 2.12. The lowest BCUT2D eigenvalue weighted by molar-refractivity contribution is -0.121. The number of aromatic nitrogens is 1. The number of para-hydroxylation sites is 2. The number of nitrogens with one attached hydrogen (secondary N) is 1. The fraction of sp³-hybridized carbons (Fsp3) is 0.0690. The summed E-state index contributed by atoms with van der Waals surface area (Å²) >= 11 is 6.17. The molecule has 0 aliphatic carbocycles. The summed E-state index contributed by atoms with van der Waals surface area (Å²) in [6.07, 6.45) is 1.57. The van der Waals surface area contributed by atoms with E-state index in [2.05, 4.69) is 10.5 Å². The monoisotopic (exact) mass is 495 g/mol. The molecule has 5 rings (SSSR count). The van der Waals surface area contributed by atoms with Crippen LogP contribution in [0.1, 0.15) is 11.1 Å². The number of fused-ring (bicyclic) bond motifs is 2. The van der Waals surface area contributed by atoms with Gasteiger partial charge in [0.15, 0.2) is 5.43 Å². The molecule has 5 aromatic rings. The van der Waals surface area contributed by atoms with Gasteiger partial charge in [-0.05, 0) is 60.2 Å². The SMILES string of the molecule is O=C(Cn1c2ccccc2c(=O)c2ccccc21)NN=Cc1ccc(OCc2ccccc2Cl)cc1. The molecule has 0 aliphatic rings. The molecule has 0 spiro atoms. The molecule has 0 bridgehead atoms. The number of hydrogen-bond acceptors (Lipinski definition) is 4. The minimum absolute atomic E-state index is 0.0213. The number of nitrogens with zero attached hydrogens (tertiary/aromatic N) is 2. The van der Waals surface area contributed by atoms with Crippen LogP contribution in [0, 0.1) is 0 Å². The first-order valence-electron chi connectivity index (χ1n) is 11.4. The standard InChI is InChI=1S/C29H22ClN3O3/c30-25-10-4-1-7-21(25)19-36-22-15-13-20(14-16-22)17-31-32-28(34)18-33-26-11-5-2-8-23(26)29(35)24-9-3-6-12-27(24)33/h1-17H,18-19H2,(H,32,34). The second kappa shape index (κ2) is 10.5. The van der Waals surface area contributed by atoms with Gasteiger partial charge in [-0.1, -0.05) is 54.1 Å². The Morgan fingerprint density at radius 1 is 0.861 bits per heavy atom. The molecule has 1 N–H and O–H groups in total. The van der Waals surface area contributed by atoms with Crippen molar-refractivity contribution in [2.45, 2.75) is 13.2 Å². The van der Waals surface area contributed by atoms with Gasteiger partial charge in [-0.3, -0.25) is 9.59 Å². The van der Waals surface area contributed by atoms with Crippen molar-refractivity contribution in [1.29, 1.82) is 0 Å². The number of hydrogen-bond donors (Lipinski definition) is 1. The maximum absolute atomic E-state index is 12.9. The van der Waals surface area contributed by atoms with E-state index in [-0.39, 0.29) is 17.9 Å². The summed E-state index contributed by atoms with van der Waals surface area (Å²) in [7, 11) is 0. The Morgan fingerprint density at radius 2 is 1.47 bits per heavy atom. The molecule has 0 radical (unpaired) electrons. The second-order valence-electron chi connectivity index (χ2n) is 8.19. The molecule has 0 fully saturated rings. The number of amides is 1. The van der Waals surface area contributed by atoms with Crippen LogP contribution in [-0.4, -0.2) is 16.7 Å². The zero-order valence-corrected chi connectivity index (χ0v) is 20.0. The van der Waals surface area contributed by atoms with E-state index in [1.165, 1.54) is 0 Å². The smallest absolute Gasteiger partial charge is 0.260 e. The number of carbonyl (C=O) groups excluding carboxylic acids is 1. The highest BCUT2D eigenvalue weighted by molar-refractivity contribution is 6.31. The largest absolute Gasteiger partial charge is 0.489 e. The molecule has 1 aromatic heterocycles. The predicted molar refractivity (Wildman–Crippen MR) is 144 cm³/mol. The number of halogens is 1. The Bertz CT molecular complexity index is 1580. The van der Waals surface area contributed by atoms with Crippen LogP contribution in [0.2, 0.25) is 5.02 Å². The predicted octanol–water partition coefficient (Wildman–Crippen LogP) is 5.54. The molecule has 178 valence electrons. The van der Waals surface area contributed by atoms with E-state index >= 15 is 0 Å². The summed E-state index contributed by atoms with van der Waals surface area (Å²) in [6.45, 7) is 0.394. The maximum Gasteiger partial charge on any atom is 0.260 e. The van der Waals surface area contributed by atoms with Gasteiger partial charge in [0.05, 0.1) is 17.2 Å². The number of pyridine rings is 1. The summed E-state index contributed by atoms with van der Waals surface area (Å²) in [6, 6.07) is 29.5. The topological polar surface area (TPSA) is 72.7 Å². The Balaban J connectivity index is 1.25. The molecule has 1 heterocycles. The fourth-order valence-corrected chi connectivity index (χ4v) is 4.22. The van der Waals surface area contributed by atoms with Crippen molar-refractivity contribution >= 4 is 45.5 Å². The highest BCUT2D eigenvalue weighted by atomic mass is 35.5. The van der Waals surface area contributed by atoms with Crippen LogP contribution in [0.3, 0.4) is 0 Å². The van der Waals surface area contributed by atoms with Crippen LogP contribution >= 0.6 is 11.6 Å². The number of carbonyl (C=O) groups is 1. The van der Waals surface area contributed by atoms with Crippen molar-refractivity contribution in [3.63, 3.8) is 0 Å². The molecule has 4 aromatic carbocycles. The number of ether oxygens (including phenoxy) is 1. The summed E-state index contributed by atoms with van der Waals surface area (Å²) in [5.74, 6) is 0.401. The lowest BCUT2D eigenvalue weighted by Crippen LogP contribution is -2.25. The van der Waals surface area contributed by atoms with Gasteiger partial charge < -0.3 is 9.30 Å². The van der Waals surface area contributed by atoms with Crippen molar-refractivity contribution in [3.05, 3.63) is 123 Å². The van der Waals surface area contributed by atoms with Crippen LogP contribution in [0.5, 0.6) is 5.75 Å². The molecular weight excluding hydrogens is 474 g/mol. The summed E-state index contributed by atoms with van der Waals surface area (Å²) in [5, 5.41) is 5.91. The van der Waals surface area contributed by atoms with Crippen molar-refractivity contribution in [2.75, 3.05) is 0 Å². The van der Waals surface area contributed by atoms with Crippen molar-refractivity contribution < 1.29 is 9.53 Å². The van der Waals surface area contributed by atoms with Crippen molar-refractivity contribution in [2.24, 2.45) is 5.10 Å². The Morgan fingerprint density at radius 3 is 2.14 bits per heavy atom. The van der Waals surface area contributed by atoms with Gasteiger partial charge in [-0.2, -0.15) is 5.10 Å². The summed E-state index contributed by atoms with van der Waals surface area (Å²) < 4.78 is 7.63. The van der Waals surface area contributed by atoms with Gasteiger partial charge in [-0.25, -0.2) is 5.43 Å². The second-order valence-corrected chi connectivity index (χ2v) is 8.60. The highest BCUT2D eigenvalue weighted by Crippen LogP contribution is 2.20. The zero-order chi connectivity index (χ0) is 24.9. The number of benzene rings is 4. The third kappa shape index (κ3) is 4.99. The van der Waals surface area contributed by atoms with Gasteiger partial charge in [0, 0.05) is 21.4 Å². The molecule has 7 heteroatoms. The van der Waals surface area contributed by atoms with Gasteiger partial charge in [-0.15, -0.1) is 0 Å². The Hall–Kier alpha value is -4.42. The van der Waals surface area contributed by atoms with Gasteiger partial charge in [0.1, 0.15) is 18.9 Å². The van der Waals surface area contributed by atoms with E-state index in [9.17, 15) is 9.59 Å². The number of rotatable bonds is 7. The van der Waals surface area contributed by atoms with E-state index in [1.54, 1.807) is 18.3 Å². The van der Waals surface area contributed by atoms with E-state index in [0.717, 1.165) is 11.1 Å². The quantitative estimate of drug-likeness (QED) is 0.183. The molecule has 0 atom stereocenters. The van der Waals surface area contributed by atoms with E-state index in [1.807, 2.05) is 89.5 Å². The molecule has 0 aliphatic heterocycles. The molecule has 6 nitrogen and oxygen atoms in total. The van der Waals surface area contributed by atoms with E-state index in [0.29, 0.717) is 39.2 Å². The molecule has 0 saturated carbocycles. The molecule has 0 saturated heterocycles. The van der Waals surface area contributed by atoms with Crippen molar-refractivity contribution in [3.8, 4) is 5.75 Å². The third-order valence-electron chi connectivity index (χ3n) is 5.82. The van der Waals surface area contributed by atoms with E-state index < -0.39 is 0 Å². The van der Waals surface area contributed by atoms with Crippen LogP contribution in [0.15, 0.2) is 107 Å². The van der Waals surface area contributed by atoms with Crippen LogP contribution in [0.25, 0.3) is 21.8 Å². The average molecular weight is 496 g/mol. The summed E-state index contributed by atoms with van der Waals surface area (Å²) in [5.41, 5.74) is 5.65. The fourth-order valence-electron chi connectivity index (χ4n) is 4.03. The third-order valence-corrected chi connectivity index (χ3v) is 6.18. The summed E-state index contributed by atoms with van der Waals surface area (Å²) in [4.78, 5) is 25.6. The Labute approximate surface area is 212 Å². The maximum atomic E-state index is 12.9. The first kappa shape index (κ1) is 23.3. The average Bonchev–Trinajstić information content (AvgIpc) is 2.91. The zero-order valence-electron chi connectivity index (χ0n) is 19.2.